The van der Waals surface area contributed by atoms with Crippen LogP contribution in [0.15, 0.2) is 24.5 Å². The molecule has 0 radical (unpaired) electrons. The molecular formula is C23H32N4O2. The number of likely N-dealkylation sites (tertiary alicyclic amines) is 1. The molecule has 5 rings (SSSR count). The van der Waals surface area contributed by atoms with Gasteiger partial charge in [-0.25, -0.2) is 0 Å². The lowest BCUT2D eigenvalue weighted by atomic mass is 9.72. The first-order valence-corrected chi connectivity index (χ1v) is 11.4. The van der Waals surface area contributed by atoms with Gasteiger partial charge in [-0.15, -0.1) is 0 Å². The topological polar surface area (TPSA) is 65.5 Å². The molecule has 29 heavy (non-hydrogen) atoms. The van der Waals surface area contributed by atoms with Gasteiger partial charge < -0.3 is 10.2 Å². The van der Waals surface area contributed by atoms with E-state index < -0.39 is 0 Å². The Hall–Kier alpha value is -1.95. The van der Waals surface area contributed by atoms with E-state index in [0.717, 1.165) is 45.3 Å². The van der Waals surface area contributed by atoms with Gasteiger partial charge in [-0.3, -0.25) is 19.5 Å². The van der Waals surface area contributed by atoms with Crippen LogP contribution >= 0.6 is 0 Å². The maximum absolute atomic E-state index is 12.9. The van der Waals surface area contributed by atoms with E-state index >= 15 is 0 Å². The van der Waals surface area contributed by atoms with Gasteiger partial charge in [0, 0.05) is 57.0 Å². The van der Waals surface area contributed by atoms with Gasteiger partial charge in [0.05, 0.1) is 6.04 Å². The van der Waals surface area contributed by atoms with Gasteiger partial charge in [-0.1, -0.05) is 6.42 Å². The Balaban J connectivity index is 1.32. The van der Waals surface area contributed by atoms with Crippen molar-refractivity contribution in [2.45, 2.75) is 63.6 Å². The highest BCUT2D eigenvalue weighted by Crippen LogP contribution is 2.41. The maximum atomic E-state index is 12.9. The van der Waals surface area contributed by atoms with Crippen molar-refractivity contribution in [3.63, 3.8) is 0 Å². The first-order chi connectivity index (χ1) is 14.2. The summed E-state index contributed by atoms with van der Waals surface area (Å²) in [4.78, 5) is 34.2. The predicted molar refractivity (Wildman–Crippen MR) is 110 cm³/mol. The number of carbonyl (C=O) groups excluding carboxylic acids is 2. The molecule has 0 spiro atoms. The van der Waals surface area contributed by atoms with Crippen molar-refractivity contribution in [1.82, 2.24) is 20.1 Å². The molecule has 1 aromatic rings. The molecule has 6 nitrogen and oxygen atoms in total. The molecule has 3 saturated heterocycles. The standard InChI is InChI=1S/C23H32N4O2/c28-22-6-2-5-20-18-11-19(15-26(14-18)13-16-7-9-24-10-8-16)21(27(20)22)12-25-23(29)17-3-1-4-17/h7-10,17-21H,1-6,11-15H2,(H,25,29)/t18-,19+,20+,21+/m1/s1. The summed E-state index contributed by atoms with van der Waals surface area (Å²) in [6.07, 6.45) is 10.9. The Bertz CT molecular complexity index is 751. The molecule has 1 aromatic heterocycles. The van der Waals surface area contributed by atoms with Crippen LogP contribution in [-0.4, -0.2) is 58.3 Å². The van der Waals surface area contributed by atoms with E-state index in [2.05, 4.69) is 32.2 Å². The molecule has 0 aromatic carbocycles. The molecule has 156 valence electrons. The minimum absolute atomic E-state index is 0.147. The van der Waals surface area contributed by atoms with E-state index in [1.807, 2.05) is 12.4 Å². The number of hydrogen-bond acceptors (Lipinski definition) is 4. The molecule has 0 unspecified atom stereocenters. The van der Waals surface area contributed by atoms with E-state index in [4.69, 9.17) is 0 Å². The monoisotopic (exact) mass is 396 g/mol. The van der Waals surface area contributed by atoms with Crippen LogP contribution in [0, 0.1) is 17.8 Å². The summed E-state index contributed by atoms with van der Waals surface area (Å²) >= 11 is 0. The zero-order chi connectivity index (χ0) is 19.8. The fraction of sp³-hybridized carbons (Fsp3) is 0.696. The van der Waals surface area contributed by atoms with Crippen LogP contribution in [0.1, 0.15) is 50.5 Å². The molecule has 4 fully saturated rings. The number of piperidine rings is 3. The van der Waals surface area contributed by atoms with Crippen molar-refractivity contribution < 1.29 is 9.59 Å². The lowest BCUT2D eigenvalue weighted by Crippen LogP contribution is -2.67. The van der Waals surface area contributed by atoms with Crippen molar-refractivity contribution in [3.05, 3.63) is 30.1 Å². The number of rotatable bonds is 5. The van der Waals surface area contributed by atoms with Crippen molar-refractivity contribution in [3.8, 4) is 0 Å². The molecule has 1 aliphatic carbocycles. The number of nitrogens with one attached hydrogen (secondary N) is 1. The fourth-order valence-corrected chi connectivity index (χ4v) is 6.03. The highest BCUT2D eigenvalue weighted by atomic mass is 16.2. The van der Waals surface area contributed by atoms with E-state index in [0.29, 0.717) is 36.8 Å². The minimum Gasteiger partial charge on any atom is -0.354 e. The largest absolute Gasteiger partial charge is 0.354 e. The summed E-state index contributed by atoms with van der Waals surface area (Å²) in [6, 6.07) is 4.68. The summed E-state index contributed by atoms with van der Waals surface area (Å²) in [5, 5.41) is 3.22. The second kappa shape index (κ2) is 8.05. The average Bonchev–Trinajstić information content (AvgIpc) is 2.68. The zero-order valence-electron chi connectivity index (χ0n) is 17.1. The van der Waals surface area contributed by atoms with E-state index in [-0.39, 0.29) is 17.9 Å². The molecule has 4 aliphatic rings. The van der Waals surface area contributed by atoms with Crippen molar-refractivity contribution in [1.29, 1.82) is 0 Å². The Labute approximate surface area is 173 Å². The van der Waals surface area contributed by atoms with Gasteiger partial charge in [0.15, 0.2) is 0 Å². The van der Waals surface area contributed by atoms with Crippen LogP contribution in [0.25, 0.3) is 0 Å². The predicted octanol–water partition coefficient (Wildman–Crippen LogP) is 2.20. The van der Waals surface area contributed by atoms with Gasteiger partial charge in [0.2, 0.25) is 11.8 Å². The number of nitrogens with zero attached hydrogens (tertiary/aromatic N) is 3. The number of hydrogen-bond donors (Lipinski definition) is 1. The van der Waals surface area contributed by atoms with Gasteiger partial charge in [-0.05, 0) is 61.6 Å². The number of carbonyl (C=O) groups is 2. The van der Waals surface area contributed by atoms with E-state index in [9.17, 15) is 9.59 Å². The van der Waals surface area contributed by atoms with Gasteiger partial charge in [0.1, 0.15) is 0 Å². The lowest BCUT2D eigenvalue weighted by molar-refractivity contribution is -0.153. The highest BCUT2D eigenvalue weighted by molar-refractivity contribution is 5.80. The maximum Gasteiger partial charge on any atom is 0.223 e. The Morgan fingerprint density at radius 2 is 1.90 bits per heavy atom. The van der Waals surface area contributed by atoms with Crippen LogP contribution in [0.2, 0.25) is 0 Å². The molecule has 2 amide bonds. The molecule has 4 heterocycles. The first kappa shape index (κ1) is 19.0. The Morgan fingerprint density at radius 3 is 2.66 bits per heavy atom. The summed E-state index contributed by atoms with van der Waals surface area (Å²) in [6.45, 7) is 3.63. The van der Waals surface area contributed by atoms with Gasteiger partial charge in [0.25, 0.3) is 0 Å². The minimum atomic E-state index is 0.147. The second-order valence-corrected chi connectivity index (χ2v) is 9.51. The van der Waals surface area contributed by atoms with Crippen LogP contribution < -0.4 is 5.32 Å². The van der Waals surface area contributed by atoms with Gasteiger partial charge >= 0.3 is 0 Å². The van der Waals surface area contributed by atoms with Crippen LogP contribution in [0.5, 0.6) is 0 Å². The number of aromatic nitrogens is 1. The summed E-state index contributed by atoms with van der Waals surface area (Å²) < 4.78 is 0. The molecule has 1 N–H and O–H groups in total. The molecule has 6 heteroatoms. The van der Waals surface area contributed by atoms with E-state index in [1.54, 1.807) is 0 Å². The molecule has 1 saturated carbocycles. The van der Waals surface area contributed by atoms with E-state index in [1.165, 1.54) is 18.4 Å². The first-order valence-electron chi connectivity index (χ1n) is 11.4. The normalized spacial score (nSPS) is 32.4. The third-order valence-corrected chi connectivity index (χ3v) is 7.69. The number of amides is 2. The summed E-state index contributed by atoms with van der Waals surface area (Å²) in [5.41, 5.74) is 1.30. The third kappa shape index (κ3) is 3.79. The lowest BCUT2D eigenvalue weighted by Gasteiger charge is -2.56. The summed E-state index contributed by atoms with van der Waals surface area (Å²) in [7, 11) is 0. The van der Waals surface area contributed by atoms with Crippen LogP contribution in [0.4, 0.5) is 0 Å². The number of fused-ring (bicyclic) bond motifs is 4. The number of pyridine rings is 1. The Morgan fingerprint density at radius 1 is 1.10 bits per heavy atom. The van der Waals surface area contributed by atoms with Crippen molar-refractivity contribution >= 4 is 11.8 Å². The average molecular weight is 397 g/mol. The zero-order valence-corrected chi connectivity index (χ0v) is 17.1. The smallest absolute Gasteiger partial charge is 0.223 e. The quantitative estimate of drug-likeness (QED) is 0.829. The Kier molecular flexibility index (Phi) is 5.29. The third-order valence-electron chi connectivity index (χ3n) is 7.69. The molecular weight excluding hydrogens is 364 g/mol. The highest BCUT2D eigenvalue weighted by Gasteiger charge is 2.49. The molecule has 4 atom stereocenters. The SMILES string of the molecule is O=C(NC[C@H]1[C@H]2C[C@H](CN(Cc3ccncc3)C2)[C@@H]2CCCC(=O)N21)C1CCC1. The molecule has 3 aliphatic heterocycles. The fourth-order valence-electron chi connectivity index (χ4n) is 6.03. The van der Waals surface area contributed by atoms with Crippen molar-refractivity contribution in [2.24, 2.45) is 17.8 Å². The van der Waals surface area contributed by atoms with Crippen molar-refractivity contribution in [2.75, 3.05) is 19.6 Å². The van der Waals surface area contributed by atoms with Crippen LogP contribution in [-0.2, 0) is 16.1 Å². The summed E-state index contributed by atoms with van der Waals surface area (Å²) in [5.74, 6) is 1.70. The second-order valence-electron chi connectivity index (χ2n) is 9.51. The van der Waals surface area contributed by atoms with Gasteiger partial charge in [-0.2, -0.15) is 0 Å². The van der Waals surface area contributed by atoms with Crippen LogP contribution in [0.3, 0.4) is 0 Å². The molecule has 2 bridgehead atoms.